The molecule has 0 unspecified atom stereocenters. The molecule has 2 aliphatic heterocycles. The van der Waals surface area contributed by atoms with Crippen molar-refractivity contribution in [2.45, 2.75) is 0 Å². The van der Waals surface area contributed by atoms with Gasteiger partial charge in [-0.15, -0.1) is 0 Å². The summed E-state index contributed by atoms with van der Waals surface area (Å²) in [6, 6.07) is 31.3. The monoisotopic (exact) mass is 944 g/mol. The molecule has 38 heavy (non-hydrogen) atoms. The molecule has 0 nitrogen and oxygen atoms in total. The molecule has 10 heteroatoms. The van der Waals surface area contributed by atoms with Gasteiger partial charge in [0.2, 0.25) is 0 Å². The normalized spacial score (nSPS) is 13.6. The van der Waals surface area contributed by atoms with E-state index in [1.807, 2.05) is 45.3 Å². The number of rotatable bonds is 2. The number of halogens is 4. The molecule has 0 N–H and O–H groups in total. The van der Waals surface area contributed by atoms with E-state index in [1.54, 1.807) is 17.4 Å². The Balaban J connectivity index is 0.000000127. The van der Waals surface area contributed by atoms with Crippen molar-refractivity contribution in [3.05, 3.63) is 100 Å². The first-order valence-electron chi connectivity index (χ1n) is 11.4. The van der Waals surface area contributed by atoms with Gasteiger partial charge in [0.15, 0.2) is 0 Å². The summed E-state index contributed by atoms with van der Waals surface area (Å²) in [5, 5.41) is 0. The van der Waals surface area contributed by atoms with Crippen molar-refractivity contribution >= 4 is 164 Å². The van der Waals surface area contributed by atoms with Crippen LogP contribution in [0.4, 0.5) is 0 Å². The molecular weight excluding hydrogens is 934 g/mol. The fraction of sp³-hybridized carbons (Fsp3) is 0. The van der Waals surface area contributed by atoms with Gasteiger partial charge in [0, 0.05) is 0 Å². The number of thiophene rings is 4. The van der Waals surface area contributed by atoms with Crippen LogP contribution in [0.25, 0.3) is 19.5 Å². The Morgan fingerprint density at radius 2 is 0.658 bits per heavy atom. The van der Waals surface area contributed by atoms with Gasteiger partial charge in [0.1, 0.15) is 0 Å². The third-order valence-corrected chi connectivity index (χ3v) is 24.8. The molecule has 6 heterocycles. The first-order valence-corrected chi connectivity index (χ1v) is 23.4. The maximum absolute atomic E-state index is 3.65. The van der Waals surface area contributed by atoms with Gasteiger partial charge in [0.05, 0.1) is 0 Å². The van der Waals surface area contributed by atoms with Gasteiger partial charge < -0.3 is 0 Å². The molecule has 0 aliphatic carbocycles. The first-order chi connectivity index (χ1) is 18.5. The quantitative estimate of drug-likeness (QED) is 0.156. The zero-order valence-electron chi connectivity index (χ0n) is 19.1. The second-order valence-electron chi connectivity index (χ2n) is 8.40. The number of hydrogen-bond acceptors (Lipinski definition) is 4. The molecular formula is C28H14As2Br4S4. The molecule has 8 rings (SSSR count). The van der Waals surface area contributed by atoms with Crippen LogP contribution in [0.3, 0.4) is 0 Å². The molecule has 2 aromatic carbocycles. The van der Waals surface area contributed by atoms with Crippen LogP contribution in [0.1, 0.15) is 0 Å². The predicted octanol–water partition coefficient (Wildman–Crippen LogP) is 7.66. The SMILES string of the molecule is Brc1cc2c(s1)-c1sc(Br)cc1[As]2c1ccccc1.Brc1cc2c(s1)-c1sc(Br)cc1[As]2c1ccccc1. The molecule has 0 saturated heterocycles. The Kier molecular flexibility index (Phi) is 7.97. The Morgan fingerprint density at radius 1 is 0.395 bits per heavy atom. The average molecular weight is 948 g/mol. The standard InChI is InChI=1S/2C14H7AsBr2S2/c2*16-11-6-9-13(18-11)14-10(7-12(17)19-14)15(9)8-4-2-1-3-5-8/h2*1-7H. The third-order valence-electron chi connectivity index (χ3n) is 6.13. The van der Waals surface area contributed by atoms with Gasteiger partial charge in [-0.1, -0.05) is 0 Å². The van der Waals surface area contributed by atoms with Crippen LogP contribution in [0.15, 0.2) is 100 Å². The second kappa shape index (κ2) is 11.2. The number of benzene rings is 2. The summed E-state index contributed by atoms with van der Waals surface area (Å²) in [5.41, 5.74) is 0. The van der Waals surface area contributed by atoms with Gasteiger partial charge in [-0.25, -0.2) is 0 Å². The Bertz CT molecular complexity index is 1560. The van der Waals surface area contributed by atoms with Crippen molar-refractivity contribution in [3.63, 3.8) is 0 Å². The minimum atomic E-state index is -1.31. The van der Waals surface area contributed by atoms with E-state index in [4.69, 9.17) is 0 Å². The number of fused-ring (bicyclic) bond motifs is 6. The van der Waals surface area contributed by atoms with Crippen molar-refractivity contribution < 1.29 is 0 Å². The Hall–Kier alpha value is 0.277. The molecule has 0 amide bonds. The molecule has 0 bridgehead atoms. The van der Waals surface area contributed by atoms with Crippen LogP contribution in [0, 0.1) is 0 Å². The van der Waals surface area contributed by atoms with Crippen LogP contribution in [-0.4, -0.2) is 29.3 Å². The van der Waals surface area contributed by atoms with E-state index in [9.17, 15) is 0 Å². The summed E-state index contributed by atoms with van der Waals surface area (Å²) in [6.45, 7) is 0. The van der Waals surface area contributed by atoms with Gasteiger partial charge in [-0.05, 0) is 0 Å². The van der Waals surface area contributed by atoms with Crippen LogP contribution in [-0.2, 0) is 0 Å². The summed E-state index contributed by atoms with van der Waals surface area (Å²) in [6.07, 6.45) is 0. The van der Waals surface area contributed by atoms with Gasteiger partial charge in [-0.3, -0.25) is 0 Å². The Labute approximate surface area is 280 Å². The van der Waals surface area contributed by atoms with E-state index >= 15 is 0 Å². The zero-order chi connectivity index (χ0) is 26.0. The third kappa shape index (κ3) is 4.87. The van der Waals surface area contributed by atoms with Crippen molar-refractivity contribution in [1.29, 1.82) is 0 Å². The van der Waals surface area contributed by atoms with Crippen molar-refractivity contribution in [3.8, 4) is 19.5 Å². The van der Waals surface area contributed by atoms with E-state index in [0.717, 1.165) is 0 Å². The van der Waals surface area contributed by atoms with E-state index in [1.165, 1.54) is 43.4 Å². The van der Waals surface area contributed by atoms with Crippen LogP contribution in [0.2, 0.25) is 0 Å². The van der Waals surface area contributed by atoms with E-state index in [0.29, 0.717) is 0 Å². The van der Waals surface area contributed by atoms with E-state index < -0.39 is 29.3 Å². The molecule has 4 aromatic heterocycles. The molecule has 2 aliphatic rings. The topological polar surface area (TPSA) is 0 Å². The second-order valence-corrected chi connectivity index (χ2v) is 27.2. The number of hydrogen-bond donors (Lipinski definition) is 0. The molecule has 0 spiro atoms. The maximum atomic E-state index is 3.65. The summed E-state index contributed by atoms with van der Waals surface area (Å²) in [7, 11) is 0. The minimum absolute atomic E-state index is 1.25. The van der Waals surface area contributed by atoms with E-state index in [2.05, 4.69) is 149 Å². The predicted molar refractivity (Wildman–Crippen MR) is 188 cm³/mol. The first kappa shape index (κ1) is 27.1. The van der Waals surface area contributed by atoms with Gasteiger partial charge >= 0.3 is 284 Å². The summed E-state index contributed by atoms with van der Waals surface area (Å²) >= 11 is 19.5. The van der Waals surface area contributed by atoms with Gasteiger partial charge in [0.25, 0.3) is 0 Å². The Morgan fingerprint density at radius 3 is 0.921 bits per heavy atom. The molecule has 0 radical (unpaired) electrons. The summed E-state index contributed by atoms with van der Waals surface area (Å²) in [4.78, 5) is 5.95. The molecule has 6 aromatic rings. The van der Waals surface area contributed by atoms with Crippen LogP contribution >= 0.6 is 109 Å². The fourth-order valence-electron chi connectivity index (χ4n) is 4.69. The van der Waals surface area contributed by atoms with Crippen molar-refractivity contribution in [2.75, 3.05) is 0 Å². The molecule has 0 atom stereocenters. The van der Waals surface area contributed by atoms with E-state index in [-0.39, 0.29) is 0 Å². The summed E-state index contributed by atoms with van der Waals surface area (Å²) in [5.74, 6) is 0. The molecule has 188 valence electrons. The molecule has 0 fully saturated rings. The van der Waals surface area contributed by atoms with Crippen molar-refractivity contribution in [2.24, 2.45) is 0 Å². The fourth-order valence-corrected chi connectivity index (χ4v) is 27.2. The van der Waals surface area contributed by atoms with Crippen molar-refractivity contribution in [1.82, 2.24) is 0 Å². The summed E-state index contributed by atoms with van der Waals surface area (Å²) < 4.78 is 14.4. The molecule has 0 saturated carbocycles. The van der Waals surface area contributed by atoms with Crippen LogP contribution in [0.5, 0.6) is 0 Å². The zero-order valence-corrected chi connectivity index (χ0v) is 32.5. The average Bonchev–Trinajstić information content (AvgIpc) is 3.72. The van der Waals surface area contributed by atoms with Crippen LogP contribution < -0.4 is 26.1 Å². The van der Waals surface area contributed by atoms with Gasteiger partial charge in [-0.2, -0.15) is 0 Å².